The van der Waals surface area contributed by atoms with Gasteiger partial charge in [0, 0.05) is 11.1 Å². The Bertz CT molecular complexity index is 1280. The van der Waals surface area contributed by atoms with Crippen LogP contribution in [0.15, 0.2) is 102 Å². The summed E-state index contributed by atoms with van der Waals surface area (Å²) in [6.45, 7) is 5.60. The molecule has 0 saturated heterocycles. The molecule has 0 saturated carbocycles. The van der Waals surface area contributed by atoms with Crippen molar-refractivity contribution in [3.05, 3.63) is 119 Å². The van der Waals surface area contributed by atoms with Crippen molar-refractivity contribution in [3.63, 3.8) is 0 Å². The van der Waals surface area contributed by atoms with Crippen molar-refractivity contribution in [2.24, 2.45) is 0 Å². The van der Waals surface area contributed by atoms with E-state index in [1.807, 2.05) is 79.7 Å². The summed E-state index contributed by atoms with van der Waals surface area (Å²) in [7, 11) is -4.13. The molecule has 0 bridgehead atoms. The molecule has 32 heavy (non-hydrogen) atoms. The van der Waals surface area contributed by atoms with Crippen molar-refractivity contribution in [2.45, 2.75) is 13.0 Å². The van der Waals surface area contributed by atoms with Crippen LogP contribution < -0.4 is 9.62 Å². The maximum absolute atomic E-state index is 13.8. The van der Waals surface area contributed by atoms with E-state index in [4.69, 9.17) is 0 Å². The molecule has 1 atom stereocenters. The average molecular weight is 445 g/mol. The van der Waals surface area contributed by atoms with Gasteiger partial charge in [0.05, 0.1) is 18.3 Å². The van der Waals surface area contributed by atoms with Crippen molar-refractivity contribution >= 4 is 27.2 Å². The first-order chi connectivity index (χ1) is 15.4. The Morgan fingerprint density at radius 1 is 0.969 bits per heavy atom. The van der Waals surface area contributed by atoms with Gasteiger partial charge >= 0.3 is 0 Å². The summed E-state index contributed by atoms with van der Waals surface area (Å²) in [6.07, 6.45) is 1.52. The number of fused-ring (bicyclic) bond motifs is 1. The molecule has 6 heteroatoms. The third-order valence-corrected chi connectivity index (χ3v) is 7.26. The van der Waals surface area contributed by atoms with Gasteiger partial charge in [-0.15, -0.1) is 6.58 Å². The second-order valence-electron chi connectivity index (χ2n) is 7.52. The summed E-state index contributed by atoms with van der Waals surface area (Å²) in [5.41, 5.74) is 3.17. The minimum atomic E-state index is -4.13. The number of rotatable bonds is 6. The van der Waals surface area contributed by atoms with Gasteiger partial charge in [0.1, 0.15) is 0 Å². The van der Waals surface area contributed by atoms with Crippen LogP contribution in [0.4, 0.5) is 5.69 Å². The second-order valence-corrected chi connectivity index (χ2v) is 9.32. The number of para-hydroxylation sites is 1. The largest absolute Gasteiger partial charge is 0.345 e. The molecule has 0 aliphatic carbocycles. The molecule has 0 aromatic heterocycles. The third kappa shape index (κ3) is 3.85. The van der Waals surface area contributed by atoms with Gasteiger partial charge in [0.15, 0.2) is 4.91 Å². The van der Waals surface area contributed by atoms with Crippen molar-refractivity contribution in [2.75, 3.05) is 10.8 Å². The minimum absolute atomic E-state index is 0.0619. The van der Waals surface area contributed by atoms with Crippen LogP contribution in [-0.4, -0.2) is 20.9 Å². The van der Waals surface area contributed by atoms with Crippen molar-refractivity contribution in [3.8, 4) is 0 Å². The molecule has 0 fully saturated rings. The van der Waals surface area contributed by atoms with Gasteiger partial charge in [0.25, 0.3) is 15.9 Å². The number of sulfonamides is 1. The van der Waals surface area contributed by atoms with Gasteiger partial charge in [-0.05, 0) is 24.1 Å². The van der Waals surface area contributed by atoms with Gasteiger partial charge in [-0.3, -0.25) is 9.10 Å². The fourth-order valence-corrected chi connectivity index (χ4v) is 5.64. The zero-order chi connectivity index (χ0) is 22.7. The number of benzene rings is 3. The molecule has 1 amide bonds. The van der Waals surface area contributed by atoms with E-state index < -0.39 is 15.9 Å². The zero-order valence-corrected chi connectivity index (χ0v) is 18.5. The van der Waals surface area contributed by atoms with Crippen LogP contribution in [-0.2, 0) is 14.8 Å². The number of nitrogens with one attached hydrogen (secondary N) is 1. The number of nitrogens with zero attached hydrogens (tertiary/aromatic N) is 1. The van der Waals surface area contributed by atoms with Crippen molar-refractivity contribution in [1.82, 2.24) is 5.32 Å². The fourth-order valence-electron chi connectivity index (χ4n) is 3.92. The molecule has 0 unspecified atom stereocenters. The summed E-state index contributed by atoms with van der Waals surface area (Å²) in [5, 5.41) is 2.89. The summed E-state index contributed by atoms with van der Waals surface area (Å²) >= 11 is 0. The fraction of sp³-hybridized carbons (Fsp3) is 0.115. The summed E-state index contributed by atoms with van der Waals surface area (Å²) in [6, 6.07) is 25.5. The van der Waals surface area contributed by atoms with E-state index in [-0.39, 0.29) is 17.5 Å². The molecular formula is C26H24N2O3S. The number of hydrogen-bond acceptors (Lipinski definition) is 3. The van der Waals surface area contributed by atoms with E-state index >= 15 is 0 Å². The first-order valence-electron chi connectivity index (χ1n) is 10.3. The molecule has 162 valence electrons. The second kappa shape index (κ2) is 8.85. The molecule has 4 rings (SSSR count). The lowest BCUT2D eigenvalue weighted by Crippen LogP contribution is -2.42. The summed E-state index contributed by atoms with van der Waals surface area (Å²) < 4.78 is 28.8. The number of carbonyl (C=O) groups is 1. The quantitative estimate of drug-likeness (QED) is 0.563. The maximum atomic E-state index is 13.8. The molecule has 3 aromatic carbocycles. The SMILES string of the molecule is C=CCN1c2ccccc2C(c2ccccc2)=C(C(=O)N[C@@H](C)c2ccccc2)S1(=O)=O. The van der Waals surface area contributed by atoms with Gasteiger partial charge in [0.2, 0.25) is 0 Å². The van der Waals surface area contributed by atoms with Gasteiger partial charge in [-0.1, -0.05) is 84.9 Å². The van der Waals surface area contributed by atoms with Crippen LogP contribution in [0.1, 0.15) is 29.7 Å². The lowest BCUT2D eigenvalue weighted by atomic mass is 9.95. The monoisotopic (exact) mass is 444 g/mol. The smallest absolute Gasteiger partial charge is 0.270 e. The Balaban J connectivity index is 1.92. The standard InChI is InChI=1S/C26H24N2O3S/c1-3-18-28-23-17-11-10-16-22(23)24(21-14-8-5-9-15-21)25(32(28,30)31)26(29)27-19(2)20-12-6-4-7-13-20/h3-17,19H,1,18H2,2H3,(H,27,29)/t19-/m0/s1. The highest BCUT2D eigenvalue weighted by Crippen LogP contribution is 2.42. The Kier molecular flexibility index (Phi) is 5.97. The predicted molar refractivity (Wildman–Crippen MR) is 128 cm³/mol. The van der Waals surface area contributed by atoms with Crippen LogP contribution in [0.5, 0.6) is 0 Å². The molecule has 1 aliphatic rings. The molecule has 1 N–H and O–H groups in total. The normalized spacial score (nSPS) is 15.6. The van der Waals surface area contributed by atoms with E-state index in [0.717, 1.165) is 5.56 Å². The van der Waals surface area contributed by atoms with E-state index in [2.05, 4.69) is 11.9 Å². The zero-order valence-electron chi connectivity index (χ0n) is 17.7. The highest BCUT2D eigenvalue weighted by atomic mass is 32.2. The molecular weight excluding hydrogens is 420 g/mol. The number of amides is 1. The van der Waals surface area contributed by atoms with Crippen LogP contribution in [0.2, 0.25) is 0 Å². The highest BCUT2D eigenvalue weighted by Gasteiger charge is 2.41. The average Bonchev–Trinajstić information content (AvgIpc) is 2.81. The van der Waals surface area contributed by atoms with Gasteiger partial charge < -0.3 is 5.32 Å². The van der Waals surface area contributed by atoms with E-state index in [9.17, 15) is 13.2 Å². The van der Waals surface area contributed by atoms with Crippen LogP contribution in [0, 0.1) is 0 Å². The van der Waals surface area contributed by atoms with Crippen molar-refractivity contribution < 1.29 is 13.2 Å². The Labute approximate surface area is 188 Å². The first-order valence-corrected chi connectivity index (χ1v) is 11.8. The molecule has 0 radical (unpaired) electrons. The first kappa shape index (κ1) is 21.6. The number of hydrogen-bond donors (Lipinski definition) is 1. The van der Waals surface area contributed by atoms with Gasteiger partial charge in [-0.2, -0.15) is 0 Å². The van der Waals surface area contributed by atoms with E-state index in [1.54, 1.807) is 12.1 Å². The van der Waals surface area contributed by atoms with Gasteiger partial charge in [-0.25, -0.2) is 8.42 Å². The highest BCUT2D eigenvalue weighted by molar-refractivity contribution is 7.97. The van der Waals surface area contributed by atoms with Crippen molar-refractivity contribution in [1.29, 1.82) is 0 Å². The molecule has 1 heterocycles. The summed E-state index contributed by atoms with van der Waals surface area (Å²) in [5.74, 6) is -0.635. The molecule has 1 aliphatic heterocycles. The number of carbonyl (C=O) groups excluding carboxylic acids is 1. The van der Waals surface area contributed by atoms with Crippen LogP contribution in [0.25, 0.3) is 5.57 Å². The lowest BCUT2D eigenvalue weighted by Gasteiger charge is -2.33. The lowest BCUT2D eigenvalue weighted by molar-refractivity contribution is -0.117. The Hall–Kier alpha value is -3.64. The number of anilines is 1. The van der Waals surface area contributed by atoms with E-state index in [0.29, 0.717) is 22.4 Å². The Morgan fingerprint density at radius 3 is 2.22 bits per heavy atom. The molecule has 0 spiro atoms. The minimum Gasteiger partial charge on any atom is -0.345 e. The topological polar surface area (TPSA) is 66.5 Å². The Morgan fingerprint density at radius 2 is 1.56 bits per heavy atom. The predicted octanol–water partition coefficient (Wildman–Crippen LogP) is 4.66. The van der Waals surface area contributed by atoms with Crippen LogP contribution >= 0.6 is 0 Å². The maximum Gasteiger partial charge on any atom is 0.270 e. The van der Waals surface area contributed by atoms with Crippen LogP contribution in [0.3, 0.4) is 0 Å². The third-order valence-electron chi connectivity index (χ3n) is 5.43. The molecule has 5 nitrogen and oxygen atoms in total. The van der Waals surface area contributed by atoms with E-state index in [1.165, 1.54) is 10.4 Å². The molecule has 3 aromatic rings. The summed E-state index contributed by atoms with van der Waals surface area (Å²) in [4.78, 5) is 13.3.